The van der Waals surface area contributed by atoms with Gasteiger partial charge in [0.05, 0.1) is 0 Å². The first-order valence-electron chi connectivity index (χ1n) is 25.3. The Bertz CT molecular complexity index is 1050. The molecule has 0 aromatic rings. The van der Waals surface area contributed by atoms with Gasteiger partial charge in [-0.15, -0.1) is 0 Å². The van der Waals surface area contributed by atoms with E-state index in [0.717, 1.165) is 64.2 Å². The van der Waals surface area contributed by atoms with Crippen molar-refractivity contribution >= 4 is 23.9 Å². The molecule has 0 aliphatic carbocycles. The third-order valence-corrected chi connectivity index (χ3v) is 11.8. The van der Waals surface area contributed by atoms with Crippen LogP contribution in [0, 0.1) is 0 Å². The lowest BCUT2D eigenvalue weighted by Crippen LogP contribution is -2.62. The minimum absolute atomic E-state index is 0.138. The van der Waals surface area contributed by atoms with Gasteiger partial charge in [0.2, 0.25) is 0 Å². The molecule has 0 bridgehead atoms. The second-order valence-corrected chi connectivity index (χ2v) is 17.5. The van der Waals surface area contributed by atoms with E-state index in [9.17, 15) is 24.3 Å². The maximum Gasteiger partial charge on any atom is 0.306 e. The number of esters is 4. The number of aliphatic hydroxyl groups excluding tert-OH is 1. The molecule has 0 aromatic heterocycles. The maximum absolute atomic E-state index is 13.4. The summed E-state index contributed by atoms with van der Waals surface area (Å²) in [4.78, 5) is 52.4. The first kappa shape index (κ1) is 55.8. The number of carbonyl (C=O) groups is 4. The molecule has 0 unspecified atom stereocenters. The monoisotopic (exact) mass is 853 g/mol. The molecule has 0 aromatic carbocycles. The van der Waals surface area contributed by atoms with Crippen LogP contribution >= 0.6 is 0 Å². The number of rotatable bonds is 41. The second-order valence-electron chi connectivity index (χ2n) is 17.5. The number of unbranched alkanes of at least 4 members (excludes halogenated alkanes) is 28. The van der Waals surface area contributed by atoms with Crippen LogP contribution < -0.4 is 0 Å². The molecule has 1 aliphatic rings. The topological polar surface area (TPSA) is 135 Å². The van der Waals surface area contributed by atoms with Gasteiger partial charge in [0.15, 0.2) is 24.6 Å². The van der Waals surface area contributed by atoms with E-state index in [2.05, 4.69) is 13.8 Å². The van der Waals surface area contributed by atoms with E-state index >= 15 is 0 Å². The minimum Gasteiger partial charge on any atom is -0.463 e. The van der Waals surface area contributed by atoms with E-state index in [1.165, 1.54) is 116 Å². The molecule has 5 atom stereocenters. The van der Waals surface area contributed by atoms with Crippen molar-refractivity contribution in [3.8, 4) is 0 Å². The molecule has 1 heterocycles. The van der Waals surface area contributed by atoms with Crippen LogP contribution in [0.5, 0.6) is 0 Å². The predicted molar refractivity (Wildman–Crippen MR) is 240 cm³/mol. The Labute approximate surface area is 367 Å². The van der Waals surface area contributed by atoms with Gasteiger partial charge in [-0.25, -0.2) is 0 Å². The van der Waals surface area contributed by atoms with Crippen molar-refractivity contribution in [2.75, 3.05) is 6.61 Å². The molecular weight excluding hydrogens is 761 g/mol. The highest BCUT2D eigenvalue weighted by molar-refractivity contribution is 5.72. The smallest absolute Gasteiger partial charge is 0.306 e. The first-order chi connectivity index (χ1) is 29.3. The van der Waals surface area contributed by atoms with Crippen LogP contribution in [0.4, 0.5) is 0 Å². The fraction of sp³-hybridized carbons (Fsp3) is 0.920. The zero-order valence-electron chi connectivity index (χ0n) is 39.2. The Morgan fingerprint density at radius 2 is 0.633 bits per heavy atom. The SMILES string of the molecule is CCCCCCCCCCCCCCCC(=O)O[C@@H]1[C@H](OC(=O)CCCCCCCCCCCCCCC)[C@@H](O)O[C@H](COC(=O)CCCCC)[C@H]1OC(=O)CCCCC. The van der Waals surface area contributed by atoms with Crippen LogP contribution in [0.25, 0.3) is 0 Å². The lowest BCUT2D eigenvalue weighted by molar-refractivity contribution is -0.297. The van der Waals surface area contributed by atoms with Crippen LogP contribution in [-0.2, 0) is 42.9 Å². The third kappa shape index (κ3) is 29.9. The van der Waals surface area contributed by atoms with Crippen molar-refractivity contribution < 1.29 is 48.0 Å². The number of hydrogen-bond donors (Lipinski definition) is 1. The van der Waals surface area contributed by atoms with Gasteiger partial charge < -0.3 is 28.8 Å². The Kier molecular flexibility index (Phi) is 36.9. The zero-order chi connectivity index (χ0) is 43.9. The molecule has 60 heavy (non-hydrogen) atoms. The molecule has 1 aliphatic heterocycles. The summed E-state index contributed by atoms with van der Waals surface area (Å²) in [6.07, 6.45) is 29.4. The Morgan fingerprint density at radius 3 is 1.00 bits per heavy atom. The Morgan fingerprint density at radius 1 is 0.367 bits per heavy atom. The molecule has 1 fully saturated rings. The summed E-state index contributed by atoms with van der Waals surface area (Å²) in [5, 5.41) is 11.2. The fourth-order valence-electron chi connectivity index (χ4n) is 7.92. The van der Waals surface area contributed by atoms with Gasteiger partial charge in [-0.05, 0) is 25.7 Å². The highest BCUT2D eigenvalue weighted by atomic mass is 16.7. The summed E-state index contributed by atoms with van der Waals surface area (Å²) in [5.41, 5.74) is 0. The molecule has 10 nitrogen and oxygen atoms in total. The van der Waals surface area contributed by atoms with E-state index in [-0.39, 0.29) is 32.3 Å². The summed E-state index contributed by atoms with van der Waals surface area (Å²) in [7, 11) is 0. The Hall–Kier alpha value is -2.20. The fourth-order valence-corrected chi connectivity index (χ4v) is 7.92. The van der Waals surface area contributed by atoms with Crippen molar-refractivity contribution in [3.63, 3.8) is 0 Å². The molecular formula is C50H92O10. The first-order valence-corrected chi connectivity index (χ1v) is 25.3. The zero-order valence-corrected chi connectivity index (χ0v) is 39.2. The average molecular weight is 853 g/mol. The van der Waals surface area contributed by atoms with E-state index < -0.39 is 54.6 Å². The second kappa shape index (κ2) is 39.6. The normalized spacial score (nSPS) is 18.9. The molecule has 0 radical (unpaired) electrons. The molecule has 0 saturated carbocycles. The lowest BCUT2D eigenvalue weighted by Gasteiger charge is -2.43. The summed E-state index contributed by atoms with van der Waals surface area (Å²) < 4.78 is 29.1. The van der Waals surface area contributed by atoms with Crippen molar-refractivity contribution in [3.05, 3.63) is 0 Å². The molecule has 0 amide bonds. The number of carbonyl (C=O) groups excluding carboxylic acids is 4. The number of hydrogen-bond acceptors (Lipinski definition) is 10. The molecule has 1 saturated heterocycles. The van der Waals surface area contributed by atoms with Gasteiger partial charge in [-0.2, -0.15) is 0 Å². The van der Waals surface area contributed by atoms with Gasteiger partial charge in [0.25, 0.3) is 0 Å². The van der Waals surface area contributed by atoms with Crippen molar-refractivity contribution in [2.45, 2.75) is 290 Å². The van der Waals surface area contributed by atoms with Crippen LogP contribution in [0.2, 0.25) is 0 Å². The van der Waals surface area contributed by atoms with Crippen LogP contribution in [0.1, 0.15) is 259 Å². The standard InChI is InChI=1S/C50H92O10/c1-5-9-13-15-17-19-21-23-25-27-29-31-35-39-45(53)59-48-47(58-44(52)38-34-12-8-4)42(41-56-43(51)37-33-11-7-3)57-50(55)49(48)60-46(54)40-36-32-30-28-26-24-22-20-18-16-14-10-6-2/h42,47-50,55H,5-41H2,1-4H3/t42-,47-,48+,49+,50+/m1/s1. The number of aliphatic hydroxyl groups is 1. The lowest BCUT2D eigenvalue weighted by atomic mass is 9.98. The minimum atomic E-state index is -1.69. The molecule has 0 spiro atoms. The van der Waals surface area contributed by atoms with Gasteiger partial charge in [0.1, 0.15) is 12.7 Å². The average Bonchev–Trinajstić information content (AvgIpc) is 3.23. The highest BCUT2D eigenvalue weighted by Gasteiger charge is 2.52. The van der Waals surface area contributed by atoms with Crippen LogP contribution in [0.3, 0.4) is 0 Å². The maximum atomic E-state index is 13.4. The molecule has 10 heteroatoms. The summed E-state index contributed by atoms with van der Waals surface area (Å²) >= 11 is 0. The molecule has 352 valence electrons. The molecule has 1 N–H and O–H groups in total. The highest BCUT2D eigenvalue weighted by Crippen LogP contribution is 2.30. The molecule has 1 rings (SSSR count). The summed E-state index contributed by atoms with van der Waals surface area (Å²) in [5.74, 6) is -2.03. The van der Waals surface area contributed by atoms with E-state index in [1.54, 1.807) is 0 Å². The van der Waals surface area contributed by atoms with Gasteiger partial charge in [-0.3, -0.25) is 19.2 Å². The van der Waals surface area contributed by atoms with Gasteiger partial charge in [0, 0.05) is 25.7 Å². The van der Waals surface area contributed by atoms with Crippen molar-refractivity contribution in [2.24, 2.45) is 0 Å². The van der Waals surface area contributed by atoms with Crippen LogP contribution in [-0.4, -0.2) is 66.3 Å². The van der Waals surface area contributed by atoms with Crippen LogP contribution in [0.15, 0.2) is 0 Å². The van der Waals surface area contributed by atoms with E-state index in [4.69, 9.17) is 23.7 Å². The summed E-state index contributed by atoms with van der Waals surface area (Å²) in [6, 6.07) is 0. The quantitative estimate of drug-likeness (QED) is 0.0360. The van der Waals surface area contributed by atoms with Gasteiger partial charge >= 0.3 is 23.9 Å². The summed E-state index contributed by atoms with van der Waals surface area (Å²) in [6.45, 7) is 8.26. The largest absolute Gasteiger partial charge is 0.463 e. The van der Waals surface area contributed by atoms with Crippen molar-refractivity contribution in [1.29, 1.82) is 0 Å². The van der Waals surface area contributed by atoms with E-state index in [0.29, 0.717) is 25.7 Å². The predicted octanol–water partition coefficient (Wildman–Crippen LogP) is 13.1. The number of ether oxygens (including phenoxy) is 5. The Balaban J connectivity index is 2.84. The third-order valence-electron chi connectivity index (χ3n) is 11.8. The van der Waals surface area contributed by atoms with E-state index in [1.807, 2.05) is 13.8 Å². The van der Waals surface area contributed by atoms with Crippen molar-refractivity contribution in [1.82, 2.24) is 0 Å². The van der Waals surface area contributed by atoms with Gasteiger partial charge in [-0.1, -0.05) is 207 Å².